The summed E-state index contributed by atoms with van der Waals surface area (Å²) in [6.45, 7) is 0. The Morgan fingerprint density at radius 1 is 1.24 bits per heavy atom. The fraction of sp³-hybridized carbons (Fsp3) is 0.0526. The Hall–Kier alpha value is -4.59. The molecule has 0 radical (unpaired) electrons. The minimum atomic E-state index is -0.637. The van der Waals surface area contributed by atoms with Crippen molar-refractivity contribution in [2.75, 3.05) is 5.73 Å². The number of carbonyl (C=O) groups excluding carboxylic acids is 1. The Morgan fingerprint density at radius 2 is 2.06 bits per heavy atom. The van der Waals surface area contributed by atoms with Crippen LogP contribution in [0.3, 0.4) is 0 Å². The number of nitrogens with two attached hydrogens (primary N) is 1. The molecule has 1 amide bonds. The predicted molar refractivity (Wildman–Crippen MR) is 118 cm³/mol. The van der Waals surface area contributed by atoms with Gasteiger partial charge in [-0.1, -0.05) is 35.5 Å². The summed E-state index contributed by atoms with van der Waals surface area (Å²) in [6, 6.07) is 15.4. The second-order valence-corrected chi connectivity index (χ2v) is 7.47. The van der Waals surface area contributed by atoms with Gasteiger partial charge in [0, 0.05) is 28.3 Å². The summed E-state index contributed by atoms with van der Waals surface area (Å²) in [5, 5.41) is 29.9. The van der Waals surface area contributed by atoms with Crippen LogP contribution < -0.4 is 11.2 Å². The number of hydrogen-bond donors (Lipinski definition) is 2. The number of amides is 1. The highest BCUT2D eigenvalue weighted by Crippen LogP contribution is 2.25. The molecule has 0 spiro atoms. The van der Waals surface area contributed by atoms with E-state index in [4.69, 9.17) is 5.73 Å². The fourth-order valence-electron chi connectivity index (χ4n) is 2.72. The van der Waals surface area contributed by atoms with E-state index < -0.39 is 10.8 Å². The summed E-state index contributed by atoms with van der Waals surface area (Å²) in [7, 11) is 0. The van der Waals surface area contributed by atoms with Crippen LogP contribution in [0.15, 0.2) is 69.2 Å². The molecule has 0 aliphatic carbocycles. The number of nitrogens with one attached hydrogen (secondary N) is 1. The third kappa shape index (κ3) is 5.01. The number of rotatable bonds is 8. The number of hydrogen-bond acceptors (Lipinski definition) is 11. The average Bonchev–Trinajstić information content (AvgIpc) is 3.44. The van der Waals surface area contributed by atoms with Gasteiger partial charge in [-0.3, -0.25) is 14.9 Å². The molecule has 2 aromatic carbocycles. The van der Waals surface area contributed by atoms with Crippen LogP contribution in [-0.4, -0.2) is 42.4 Å². The number of non-ortho nitro benzene ring substituents is 1. The molecule has 2 heterocycles. The van der Waals surface area contributed by atoms with Gasteiger partial charge in [0.15, 0.2) is 5.69 Å². The van der Waals surface area contributed by atoms with Gasteiger partial charge in [-0.25, -0.2) is 10.1 Å². The molecule has 0 aliphatic heterocycles. The Labute approximate surface area is 189 Å². The number of carbonyl (C=O) groups is 1. The van der Waals surface area contributed by atoms with Gasteiger partial charge < -0.3 is 5.73 Å². The topological polar surface area (TPSA) is 180 Å². The zero-order chi connectivity index (χ0) is 23.2. The number of nitro benzene ring substituents is 1. The molecule has 0 aliphatic rings. The van der Waals surface area contributed by atoms with Gasteiger partial charge in [-0.2, -0.15) is 9.78 Å². The zero-order valence-corrected chi connectivity index (χ0v) is 17.5. The second-order valence-electron chi connectivity index (χ2n) is 6.42. The highest BCUT2D eigenvalue weighted by atomic mass is 32.2. The van der Waals surface area contributed by atoms with Gasteiger partial charge in [0.1, 0.15) is 0 Å². The third-order valence-corrected chi connectivity index (χ3v) is 5.28. The summed E-state index contributed by atoms with van der Waals surface area (Å²) in [5.41, 5.74) is 8.87. The van der Waals surface area contributed by atoms with Crippen molar-refractivity contribution in [3.63, 3.8) is 0 Å². The van der Waals surface area contributed by atoms with Crippen molar-refractivity contribution in [2.24, 2.45) is 5.10 Å². The maximum atomic E-state index is 12.8. The first-order chi connectivity index (χ1) is 16.0. The van der Waals surface area contributed by atoms with Gasteiger partial charge in [-0.05, 0) is 22.4 Å². The summed E-state index contributed by atoms with van der Waals surface area (Å²) in [5.74, 6) is -0.242. The van der Waals surface area contributed by atoms with Crippen LogP contribution in [0.2, 0.25) is 0 Å². The fourth-order valence-corrected chi connectivity index (χ4v) is 3.63. The van der Waals surface area contributed by atoms with Crippen LogP contribution in [0, 0.1) is 10.1 Å². The SMILES string of the molecule is Nc1nonc1-n1nnc(C(=O)NN=Cc2cccc([N+](=O)[O-])c2)c1CSc1ccccc1. The first kappa shape index (κ1) is 21.6. The molecule has 13 nitrogen and oxygen atoms in total. The minimum Gasteiger partial charge on any atom is -0.378 e. The molecule has 33 heavy (non-hydrogen) atoms. The lowest BCUT2D eigenvalue weighted by Gasteiger charge is -2.05. The number of nitrogens with zero attached hydrogens (tertiary/aromatic N) is 7. The molecular weight excluding hydrogens is 450 g/mol. The van der Waals surface area contributed by atoms with Crippen LogP contribution >= 0.6 is 11.8 Å². The third-order valence-electron chi connectivity index (χ3n) is 4.25. The van der Waals surface area contributed by atoms with E-state index in [2.05, 4.69) is 35.8 Å². The normalized spacial score (nSPS) is 11.0. The average molecular weight is 465 g/mol. The maximum absolute atomic E-state index is 12.8. The Morgan fingerprint density at radius 3 is 2.79 bits per heavy atom. The van der Waals surface area contributed by atoms with Crippen LogP contribution in [0.1, 0.15) is 21.7 Å². The number of hydrazone groups is 1. The van der Waals surface area contributed by atoms with Crippen LogP contribution in [0.25, 0.3) is 5.82 Å². The lowest BCUT2D eigenvalue weighted by molar-refractivity contribution is -0.384. The molecule has 0 saturated carbocycles. The largest absolute Gasteiger partial charge is 0.378 e. The summed E-state index contributed by atoms with van der Waals surface area (Å²) < 4.78 is 5.91. The molecule has 0 fully saturated rings. The van der Waals surface area contributed by atoms with Crippen molar-refractivity contribution in [3.8, 4) is 5.82 Å². The smallest absolute Gasteiger partial charge is 0.293 e. The molecular formula is C19H15N9O4S. The van der Waals surface area contributed by atoms with E-state index in [-0.39, 0.29) is 23.0 Å². The van der Waals surface area contributed by atoms with Crippen molar-refractivity contribution in [1.29, 1.82) is 0 Å². The summed E-state index contributed by atoms with van der Waals surface area (Å²) >= 11 is 1.45. The quantitative estimate of drug-likeness (QED) is 0.169. The molecule has 14 heteroatoms. The van der Waals surface area contributed by atoms with Gasteiger partial charge in [0.25, 0.3) is 11.6 Å². The van der Waals surface area contributed by atoms with Crippen molar-refractivity contribution < 1.29 is 14.3 Å². The van der Waals surface area contributed by atoms with Crippen molar-refractivity contribution >= 4 is 35.4 Å². The first-order valence-electron chi connectivity index (χ1n) is 9.31. The second kappa shape index (κ2) is 9.69. The molecule has 0 saturated heterocycles. The van der Waals surface area contributed by atoms with E-state index >= 15 is 0 Å². The standard InChI is InChI=1S/C19H15N9O4S/c20-17-18(25-32-24-17)27-15(11-33-14-7-2-1-3-8-14)16(22-26-27)19(29)23-21-10-12-5-4-6-13(9-12)28(30)31/h1-10H,11H2,(H2,20,24)(H,23,29). The van der Waals surface area contributed by atoms with Crippen LogP contribution in [0.4, 0.5) is 11.5 Å². The lowest BCUT2D eigenvalue weighted by atomic mass is 10.2. The summed E-state index contributed by atoms with van der Waals surface area (Å²) in [6.07, 6.45) is 1.28. The Kier molecular flexibility index (Phi) is 6.36. The maximum Gasteiger partial charge on any atom is 0.293 e. The minimum absolute atomic E-state index is 0.00276. The number of anilines is 1. The zero-order valence-electron chi connectivity index (χ0n) is 16.7. The lowest BCUT2D eigenvalue weighted by Crippen LogP contribution is -2.20. The Balaban J connectivity index is 1.56. The van der Waals surface area contributed by atoms with Gasteiger partial charge >= 0.3 is 0 Å². The number of thioether (sulfide) groups is 1. The van der Waals surface area contributed by atoms with Crippen molar-refractivity contribution in [2.45, 2.75) is 10.6 Å². The highest BCUT2D eigenvalue weighted by molar-refractivity contribution is 7.98. The highest BCUT2D eigenvalue weighted by Gasteiger charge is 2.24. The van der Waals surface area contributed by atoms with Crippen LogP contribution in [-0.2, 0) is 5.75 Å². The van der Waals surface area contributed by atoms with Gasteiger partial charge in [0.2, 0.25) is 11.6 Å². The van der Waals surface area contributed by atoms with Crippen molar-refractivity contribution in [1.82, 2.24) is 30.7 Å². The molecule has 4 rings (SSSR count). The molecule has 166 valence electrons. The first-order valence-corrected chi connectivity index (χ1v) is 10.3. The number of nitro groups is 1. The van der Waals surface area contributed by atoms with E-state index in [0.29, 0.717) is 17.0 Å². The predicted octanol–water partition coefficient (Wildman–Crippen LogP) is 2.20. The molecule has 0 bridgehead atoms. The Bertz CT molecular complexity index is 1320. The molecule has 0 unspecified atom stereocenters. The molecule has 3 N–H and O–H groups in total. The molecule has 0 atom stereocenters. The number of nitrogen functional groups attached to an aromatic ring is 1. The monoisotopic (exact) mass is 465 g/mol. The van der Waals surface area contributed by atoms with Crippen molar-refractivity contribution in [3.05, 3.63) is 81.7 Å². The van der Waals surface area contributed by atoms with E-state index in [0.717, 1.165) is 4.90 Å². The van der Waals surface area contributed by atoms with Gasteiger partial charge in [-0.15, -0.1) is 16.9 Å². The number of benzene rings is 2. The molecule has 2 aromatic heterocycles. The van der Waals surface area contributed by atoms with E-state index in [1.165, 1.54) is 40.9 Å². The van der Waals surface area contributed by atoms with Gasteiger partial charge in [0.05, 0.1) is 16.8 Å². The molecule has 4 aromatic rings. The number of aromatic nitrogens is 5. The van der Waals surface area contributed by atoms with Crippen LogP contribution in [0.5, 0.6) is 0 Å². The van der Waals surface area contributed by atoms with E-state index in [1.807, 2.05) is 30.3 Å². The van der Waals surface area contributed by atoms with E-state index in [9.17, 15) is 14.9 Å². The van der Waals surface area contributed by atoms with E-state index in [1.54, 1.807) is 6.07 Å². The summed E-state index contributed by atoms with van der Waals surface area (Å²) in [4.78, 5) is 24.1.